The summed E-state index contributed by atoms with van der Waals surface area (Å²) in [5.41, 5.74) is 1.73. The Kier molecular flexibility index (Phi) is 5.10. The van der Waals surface area contributed by atoms with Gasteiger partial charge in [0, 0.05) is 37.5 Å². The molecule has 9 heteroatoms. The van der Waals surface area contributed by atoms with Crippen molar-refractivity contribution in [2.75, 3.05) is 11.9 Å². The zero-order valence-corrected chi connectivity index (χ0v) is 16.5. The van der Waals surface area contributed by atoms with E-state index < -0.39 is 17.6 Å². The number of nitrogens with zero attached hydrogens (tertiary/aromatic N) is 4. The molecule has 27 heavy (non-hydrogen) atoms. The molecule has 2 amide bonds. The second kappa shape index (κ2) is 7.19. The van der Waals surface area contributed by atoms with Crippen LogP contribution in [-0.2, 0) is 24.8 Å². The fraction of sp³-hybridized carbons (Fsp3) is 0.444. The van der Waals surface area contributed by atoms with Crippen molar-refractivity contribution >= 4 is 29.3 Å². The third-order valence-corrected chi connectivity index (χ3v) is 4.42. The first-order chi connectivity index (χ1) is 12.7. The Balaban J connectivity index is 1.83. The zero-order valence-electron chi connectivity index (χ0n) is 15.7. The highest BCUT2D eigenvalue weighted by molar-refractivity contribution is 6.32. The summed E-state index contributed by atoms with van der Waals surface area (Å²) in [4.78, 5) is 30.7. The molecule has 0 radical (unpaired) electrons. The van der Waals surface area contributed by atoms with Gasteiger partial charge in [0.2, 0.25) is 0 Å². The lowest BCUT2D eigenvalue weighted by Crippen LogP contribution is -2.40. The number of hydrogen-bond donors (Lipinski definition) is 1. The fourth-order valence-electron chi connectivity index (χ4n) is 2.92. The van der Waals surface area contributed by atoms with Crippen molar-refractivity contribution in [2.45, 2.75) is 39.3 Å². The number of aryl methyl sites for hydroxylation is 1. The van der Waals surface area contributed by atoms with Crippen LogP contribution in [0.4, 0.5) is 10.5 Å². The van der Waals surface area contributed by atoms with Gasteiger partial charge in [0.1, 0.15) is 5.60 Å². The number of ether oxygens (including phenoxy) is 1. The van der Waals surface area contributed by atoms with Gasteiger partial charge in [-0.1, -0.05) is 11.6 Å². The summed E-state index contributed by atoms with van der Waals surface area (Å²) in [5.74, 6) is -0.396. The van der Waals surface area contributed by atoms with Crippen molar-refractivity contribution in [1.82, 2.24) is 19.7 Å². The molecule has 8 nitrogen and oxygen atoms in total. The number of amides is 2. The Labute approximate surface area is 162 Å². The largest absolute Gasteiger partial charge is 0.444 e. The molecule has 0 bridgehead atoms. The van der Waals surface area contributed by atoms with Crippen LogP contribution in [0.5, 0.6) is 0 Å². The normalized spacial score (nSPS) is 13.9. The quantitative estimate of drug-likeness (QED) is 0.795. The molecule has 3 rings (SSSR count). The number of carbonyl (C=O) groups is 2. The maximum Gasteiger partial charge on any atom is 0.410 e. The summed E-state index contributed by atoms with van der Waals surface area (Å²) in [7, 11) is 1.79. The van der Waals surface area contributed by atoms with Gasteiger partial charge < -0.3 is 15.0 Å². The van der Waals surface area contributed by atoms with E-state index in [0.29, 0.717) is 24.2 Å². The molecular formula is C18H22ClN5O3. The van der Waals surface area contributed by atoms with Crippen molar-refractivity contribution in [3.8, 4) is 0 Å². The topological polar surface area (TPSA) is 89.4 Å². The average Bonchev–Trinajstić information content (AvgIpc) is 2.92. The molecule has 0 aliphatic carbocycles. The number of nitrogens with one attached hydrogen (secondary N) is 1. The van der Waals surface area contributed by atoms with E-state index in [2.05, 4.69) is 15.4 Å². The number of pyridine rings is 1. The van der Waals surface area contributed by atoms with E-state index in [1.165, 1.54) is 0 Å². The minimum atomic E-state index is -0.580. The molecule has 0 saturated heterocycles. The third kappa shape index (κ3) is 4.21. The number of aromatic nitrogens is 3. The predicted molar refractivity (Wildman–Crippen MR) is 101 cm³/mol. The molecule has 1 aliphatic heterocycles. The smallest absolute Gasteiger partial charge is 0.410 e. The summed E-state index contributed by atoms with van der Waals surface area (Å²) in [6, 6.07) is 3.34. The average molecular weight is 392 g/mol. The van der Waals surface area contributed by atoms with E-state index in [9.17, 15) is 9.59 Å². The standard InChI is InChI=1S/C18H22ClN5O3/c1-18(2,3)27-17(26)24-9-7-13-11(10-24)14(22-23(13)4)16(25)21-12-6-5-8-20-15(12)19/h5-6,8H,7,9-10H2,1-4H3,(H,21,25). The number of halogens is 1. The highest BCUT2D eigenvalue weighted by Gasteiger charge is 2.31. The summed E-state index contributed by atoms with van der Waals surface area (Å²) < 4.78 is 7.13. The van der Waals surface area contributed by atoms with E-state index in [0.717, 1.165) is 5.69 Å². The van der Waals surface area contributed by atoms with Gasteiger partial charge in [-0.25, -0.2) is 9.78 Å². The van der Waals surface area contributed by atoms with Gasteiger partial charge in [-0.3, -0.25) is 9.48 Å². The summed E-state index contributed by atoms with van der Waals surface area (Å²) >= 11 is 6.01. The number of anilines is 1. The maximum atomic E-state index is 12.7. The fourth-order valence-corrected chi connectivity index (χ4v) is 3.08. The van der Waals surface area contributed by atoms with Crippen molar-refractivity contribution in [3.05, 3.63) is 40.4 Å². The highest BCUT2D eigenvalue weighted by atomic mass is 35.5. The second-order valence-electron chi connectivity index (χ2n) is 7.35. The molecule has 0 saturated carbocycles. The van der Waals surface area contributed by atoms with Gasteiger partial charge in [0.05, 0.1) is 12.2 Å². The van der Waals surface area contributed by atoms with Crippen LogP contribution in [0.15, 0.2) is 18.3 Å². The Morgan fingerprint density at radius 1 is 1.33 bits per heavy atom. The van der Waals surface area contributed by atoms with Crippen molar-refractivity contribution in [2.24, 2.45) is 7.05 Å². The summed E-state index contributed by atoms with van der Waals surface area (Å²) in [6.07, 6.45) is 1.73. The Morgan fingerprint density at radius 2 is 2.07 bits per heavy atom. The molecule has 3 heterocycles. The van der Waals surface area contributed by atoms with Crippen LogP contribution in [0.3, 0.4) is 0 Å². The van der Waals surface area contributed by atoms with Gasteiger partial charge in [0.15, 0.2) is 10.8 Å². The molecule has 0 unspecified atom stereocenters. The monoisotopic (exact) mass is 391 g/mol. The van der Waals surface area contributed by atoms with Crippen molar-refractivity contribution in [1.29, 1.82) is 0 Å². The highest BCUT2D eigenvalue weighted by Crippen LogP contribution is 2.25. The van der Waals surface area contributed by atoms with E-state index in [4.69, 9.17) is 16.3 Å². The van der Waals surface area contributed by atoms with Gasteiger partial charge >= 0.3 is 6.09 Å². The number of carbonyl (C=O) groups excluding carboxylic acids is 2. The van der Waals surface area contributed by atoms with Crippen LogP contribution < -0.4 is 5.32 Å². The maximum absolute atomic E-state index is 12.7. The molecule has 1 N–H and O–H groups in total. The lowest BCUT2D eigenvalue weighted by atomic mass is 10.0. The van der Waals surface area contributed by atoms with Crippen molar-refractivity contribution in [3.63, 3.8) is 0 Å². The minimum absolute atomic E-state index is 0.200. The first-order valence-electron chi connectivity index (χ1n) is 8.60. The second-order valence-corrected chi connectivity index (χ2v) is 7.70. The van der Waals surface area contributed by atoms with E-state index in [1.54, 1.807) is 35.0 Å². The van der Waals surface area contributed by atoms with E-state index >= 15 is 0 Å². The molecule has 144 valence electrons. The Hall–Kier alpha value is -2.61. The van der Waals surface area contributed by atoms with Crippen molar-refractivity contribution < 1.29 is 14.3 Å². The molecular weight excluding hydrogens is 370 g/mol. The molecule has 0 atom stereocenters. The van der Waals surface area contributed by atoms with Gasteiger partial charge in [-0.05, 0) is 32.9 Å². The summed E-state index contributed by atoms with van der Waals surface area (Å²) in [5, 5.41) is 7.28. The molecule has 0 spiro atoms. The van der Waals surface area contributed by atoms with Gasteiger partial charge in [-0.2, -0.15) is 5.10 Å². The third-order valence-electron chi connectivity index (χ3n) is 4.12. The molecule has 2 aromatic heterocycles. The minimum Gasteiger partial charge on any atom is -0.444 e. The Morgan fingerprint density at radius 3 is 2.74 bits per heavy atom. The zero-order chi connectivity index (χ0) is 19.8. The Bertz CT molecular complexity index is 888. The lowest BCUT2D eigenvalue weighted by molar-refractivity contribution is 0.0222. The first kappa shape index (κ1) is 19.2. The predicted octanol–water partition coefficient (Wildman–Crippen LogP) is 3.01. The van der Waals surface area contributed by atoms with Crippen LogP contribution in [0, 0.1) is 0 Å². The number of hydrogen-bond acceptors (Lipinski definition) is 5. The SMILES string of the molecule is Cn1nc(C(=O)Nc2cccnc2Cl)c2c1CCN(C(=O)OC(C)(C)C)C2. The van der Waals surface area contributed by atoms with Crippen LogP contribution in [0.1, 0.15) is 42.5 Å². The molecule has 2 aromatic rings. The number of rotatable bonds is 2. The molecule has 0 fully saturated rings. The van der Waals surface area contributed by atoms with Crippen LogP contribution in [0.2, 0.25) is 5.15 Å². The molecule has 0 aromatic carbocycles. The number of fused-ring (bicyclic) bond motifs is 1. The van der Waals surface area contributed by atoms with Crippen LogP contribution >= 0.6 is 11.6 Å². The van der Waals surface area contributed by atoms with Crippen LogP contribution in [-0.4, -0.2) is 43.8 Å². The molecule has 1 aliphatic rings. The van der Waals surface area contributed by atoms with E-state index in [-0.39, 0.29) is 17.4 Å². The van der Waals surface area contributed by atoms with Gasteiger partial charge in [0.25, 0.3) is 5.91 Å². The lowest BCUT2D eigenvalue weighted by Gasteiger charge is -2.30. The van der Waals surface area contributed by atoms with E-state index in [1.807, 2.05) is 20.8 Å². The van der Waals surface area contributed by atoms with Crippen LogP contribution in [0.25, 0.3) is 0 Å². The van der Waals surface area contributed by atoms with Gasteiger partial charge in [-0.15, -0.1) is 0 Å². The first-order valence-corrected chi connectivity index (χ1v) is 8.98. The summed E-state index contributed by atoms with van der Waals surface area (Å²) in [6.45, 7) is 6.24.